The Hall–Kier alpha value is -0.560. The highest BCUT2D eigenvalue weighted by molar-refractivity contribution is 5.22. The largest absolute Gasteiger partial charge is 0.381 e. The van der Waals surface area contributed by atoms with E-state index in [0.29, 0.717) is 11.5 Å². The van der Waals surface area contributed by atoms with Crippen molar-refractivity contribution in [2.24, 2.45) is 40.9 Å². The third kappa shape index (κ3) is 4.28. The average Bonchev–Trinajstić information content (AvgIpc) is 3.16. The van der Waals surface area contributed by atoms with Crippen molar-refractivity contribution in [1.29, 1.82) is 0 Å². The van der Waals surface area contributed by atoms with Gasteiger partial charge in [0.15, 0.2) is 0 Å². The number of methoxy groups -OCH3 is 1. The first-order chi connectivity index (χ1) is 13.9. The molecule has 29 heavy (non-hydrogen) atoms. The van der Waals surface area contributed by atoms with Gasteiger partial charge in [0.05, 0.1) is 6.10 Å². The van der Waals surface area contributed by atoms with Crippen LogP contribution in [0.4, 0.5) is 0 Å². The van der Waals surface area contributed by atoms with Gasteiger partial charge in [0.2, 0.25) is 0 Å². The summed E-state index contributed by atoms with van der Waals surface area (Å²) >= 11 is 0. The predicted octanol–water partition coefficient (Wildman–Crippen LogP) is 7.96. The van der Waals surface area contributed by atoms with E-state index in [0.717, 1.165) is 35.5 Å². The van der Waals surface area contributed by atoms with Crippen molar-refractivity contribution in [3.05, 3.63) is 23.8 Å². The Morgan fingerprint density at radius 3 is 2.62 bits per heavy atom. The SMILES string of the molecule is C=C(CCC[C@H]1CC[C@@H]2[C@@H]1CC=C1[C@H]3CC[C@H](OC)C[C@@H]3CC[C@H]12)C(C)(C)CC. The monoisotopic (exact) mass is 398 g/mol. The third-order valence-electron chi connectivity index (χ3n) is 10.0. The summed E-state index contributed by atoms with van der Waals surface area (Å²) in [5.41, 5.74) is 3.71. The highest BCUT2D eigenvalue weighted by Gasteiger charge is 2.48. The summed E-state index contributed by atoms with van der Waals surface area (Å²) in [4.78, 5) is 0. The minimum absolute atomic E-state index is 0.321. The van der Waals surface area contributed by atoms with Crippen LogP contribution in [0.15, 0.2) is 23.8 Å². The van der Waals surface area contributed by atoms with Gasteiger partial charge in [-0.3, -0.25) is 0 Å². The molecule has 7 atom stereocenters. The smallest absolute Gasteiger partial charge is 0.0574 e. The quantitative estimate of drug-likeness (QED) is 0.395. The van der Waals surface area contributed by atoms with Crippen molar-refractivity contribution in [1.82, 2.24) is 0 Å². The minimum atomic E-state index is 0.321. The van der Waals surface area contributed by atoms with E-state index in [1.807, 2.05) is 12.7 Å². The van der Waals surface area contributed by atoms with E-state index in [1.54, 1.807) is 0 Å². The van der Waals surface area contributed by atoms with E-state index in [9.17, 15) is 0 Å². The van der Waals surface area contributed by atoms with E-state index in [2.05, 4.69) is 33.4 Å². The van der Waals surface area contributed by atoms with Gasteiger partial charge in [-0.15, -0.1) is 0 Å². The molecular formula is C28H46O. The van der Waals surface area contributed by atoms with Gasteiger partial charge in [-0.1, -0.05) is 44.6 Å². The van der Waals surface area contributed by atoms with Gasteiger partial charge >= 0.3 is 0 Å². The molecule has 3 fully saturated rings. The molecule has 0 aromatic rings. The Morgan fingerprint density at radius 2 is 1.86 bits per heavy atom. The Morgan fingerprint density at radius 1 is 1.07 bits per heavy atom. The highest BCUT2D eigenvalue weighted by Crippen LogP contribution is 2.57. The second kappa shape index (κ2) is 8.89. The minimum Gasteiger partial charge on any atom is -0.381 e. The molecule has 1 nitrogen and oxygen atoms in total. The normalized spacial score (nSPS) is 39.3. The number of hydrogen-bond donors (Lipinski definition) is 0. The summed E-state index contributed by atoms with van der Waals surface area (Å²) < 4.78 is 5.72. The van der Waals surface area contributed by atoms with Crippen molar-refractivity contribution < 1.29 is 4.74 Å². The van der Waals surface area contributed by atoms with Crippen LogP contribution in [-0.2, 0) is 4.74 Å². The number of hydrogen-bond acceptors (Lipinski definition) is 1. The Bertz CT molecular complexity index is 614. The number of allylic oxidation sites excluding steroid dienone is 3. The van der Waals surface area contributed by atoms with Crippen LogP contribution in [0.3, 0.4) is 0 Å². The molecule has 0 spiro atoms. The molecule has 4 rings (SSSR count). The van der Waals surface area contributed by atoms with E-state index in [1.165, 1.54) is 82.6 Å². The molecule has 0 aromatic carbocycles. The number of rotatable bonds is 7. The van der Waals surface area contributed by atoms with E-state index in [4.69, 9.17) is 4.74 Å². The van der Waals surface area contributed by atoms with Crippen molar-refractivity contribution >= 4 is 0 Å². The van der Waals surface area contributed by atoms with Crippen LogP contribution in [0.25, 0.3) is 0 Å². The summed E-state index contributed by atoms with van der Waals surface area (Å²) in [5.74, 6) is 5.74. The lowest BCUT2D eigenvalue weighted by molar-refractivity contribution is 0.0162. The van der Waals surface area contributed by atoms with Crippen LogP contribution in [0.2, 0.25) is 0 Å². The maximum Gasteiger partial charge on any atom is 0.0574 e. The molecule has 3 saturated carbocycles. The fourth-order valence-corrected chi connectivity index (χ4v) is 7.64. The first-order valence-electron chi connectivity index (χ1n) is 12.9. The van der Waals surface area contributed by atoms with Crippen molar-refractivity contribution in [3.63, 3.8) is 0 Å². The van der Waals surface area contributed by atoms with E-state index in [-0.39, 0.29) is 0 Å². The standard InChI is InChI=1S/C28H46O/c1-6-28(3,4)19(2)8-7-9-20-10-13-25-23(20)16-17-26-24-15-12-22(29-5)18-21(24)11-14-27(25)26/h17,20-25,27H,2,6-16,18H2,1,3-5H3/t20-,21-,22-,23+,24-,25+,27-/m0/s1. The van der Waals surface area contributed by atoms with Gasteiger partial charge in [0.25, 0.3) is 0 Å². The molecule has 0 heterocycles. The zero-order valence-electron chi connectivity index (χ0n) is 19.7. The van der Waals surface area contributed by atoms with Crippen LogP contribution < -0.4 is 0 Å². The molecule has 0 saturated heterocycles. The molecule has 4 aliphatic rings. The van der Waals surface area contributed by atoms with Crippen molar-refractivity contribution in [2.45, 2.75) is 104 Å². The first kappa shape index (κ1) is 21.7. The van der Waals surface area contributed by atoms with Crippen molar-refractivity contribution in [3.8, 4) is 0 Å². The van der Waals surface area contributed by atoms with E-state index < -0.39 is 0 Å². The molecule has 0 N–H and O–H groups in total. The van der Waals surface area contributed by atoms with Gasteiger partial charge < -0.3 is 4.74 Å². The lowest BCUT2D eigenvalue weighted by Gasteiger charge is -2.48. The van der Waals surface area contributed by atoms with Crippen LogP contribution in [-0.4, -0.2) is 13.2 Å². The van der Waals surface area contributed by atoms with Gasteiger partial charge in [-0.2, -0.15) is 0 Å². The van der Waals surface area contributed by atoms with E-state index >= 15 is 0 Å². The van der Waals surface area contributed by atoms with Crippen LogP contribution in [0.1, 0.15) is 97.8 Å². The third-order valence-corrected chi connectivity index (χ3v) is 10.0. The van der Waals surface area contributed by atoms with Crippen LogP contribution in [0, 0.1) is 40.9 Å². The summed E-state index contributed by atoms with van der Waals surface area (Å²) in [6.45, 7) is 11.5. The molecule has 0 amide bonds. The zero-order chi connectivity index (χ0) is 20.6. The Labute approximate surface area is 180 Å². The maximum atomic E-state index is 5.72. The first-order valence-corrected chi connectivity index (χ1v) is 12.9. The Kier molecular flexibility index (Phi) is 6.64. The molecular weight excluding hydrogens is 352 g/mol. The summed E-state index contributed by atoms with van der Waals surface area (Å²) in [7, 11) is 1.92. The summed E-state index contributed by atoms with van der Waals surface area (Å²) in [5, 5.41) is 0. The second-order valence-electron chi connectivity index (χ2n) is 11.6. The van der Waals surface area contributed by atoms with Gasteiger partial charge in [0, 0.05) is 7.11 Å². The highest BCUT2D eigenvalue weighted by atomic mass is 16.5. The van der Waals surface area contributed by atoms with Gasteiger partial charge in [-0.25, -0.2) is 0 Å². The molecule has 0 aromatic heterocycles. The summed E-state index contributed by atoms with van der Waals surface area (Å²) in [6.07, 6.45) is 19.9. The molecule has 0 unspecified atom stereocenters. The second-order valence-corrected chi connectivity index (χ2v) is 11.6. The van der Waals surface area contributed by atoms with Crippen LogP contribution >= 0.6 is 0 Å². The topological polar surface area (TPSA) is 9.23 Å². The predicted molar refractivity (Wildman–Crippen MR) is 124 cm³/mol. The fourth-order valence-electron chi connectivity index (χ4n) is 7.64. The fraction of sp³-hybridized carbons (Fsp3) is 0.857. The van der Waals surface area contributed by atoms with Gasteiger partial charge in [0.1, 0.15) is 0 Å². The lowest BCUT2D eigenvalue weighted by Crippen LogP contribution is -2.40. The Balaban J connectivity index is 1.34. The molecule has 0 bridgehead atoms. The zero-order valence-corrected chi connectivity index (χ0v) is 19.7. The van der Waals surface area contributed by atoms with Gasteiger partial charge in [-0.05, 0) is 118 Å². The molecule has 0 aliphatic heterocycles. The summed E-state index contributed by atoms with van der Waals surface area (Å²) in [6, 6.07) is 0. The number of fused-ring (bicyclic) bond motifs is 5. The molecule has 164 valence electrons. The number of ether oxygens (including phenoxy) is 1. The molecule has 1 heteroatoms. The van der Waals surface area contributed by atoms with Crippen molar-refractivity contribution in [2.75, 3.05) is 7.11 Å². The lowest BCUT2D eigenvalue weighted by atomic mass is 9.57. The molecule has 0 radical (unpaired) electrons. The maximum absolute atomic E-state index is 5.72. The average molecular weight is 399 g/mol. The van der Waals surface area contributed by atoms with Crippen LogP contribution in [0.5, 0.6) is 0 Å². The molecule has 4 aliphatic carbocycles.